The number of phenols is 1. The van der Waals surface area contributed by atoms with Gasteiger partial charge < -0.3 is 14.3 Å². The Labute approximate surface area is 191 Å². The highest BCUT2D eigenvalue weighted by molar-refractivity contribution is 7.98. The SMILES string of the molecule is O=c1cc(CSc2nc3cc(Cl)ccc3c(=O)n2CC2CCCO2)c2ccc(O)cc2o1. The van der Waals surface area contributed by atoms with Crippen LogP contribution in [0.2, 0.25) is 5.02 Å². The van der Waals surface area contributed by atoms with Crippen LogP contribution in [0.15, 0.2) is 61.6 Å². The quantitative estimate of drug-likeness (QED) is 0.263. The van der Waals surface area contributed by atoms with Crippen molar-refractivity contribution in [3.05, 3.63) is 73.8 Å². The summed E-state index contributed by atoms with van der Waals surface area (Å²) < 4.78 is 12.6. The minimum atomic E-state index is -0.506. The fourth-order valence-electron chi connectivity index (χ4n) is 3.92. The number of rotatable bonds is 5. The minimum absolute atomic E-state index is 0.0175. The second-order valence-corrected chi connectivity index (χ2v) is 9.05. The predicted octanol–water partition coefficient (Wildman–Crippen LogP) is 4.33. The fourth-order valence-corrected chi connectivity index (χ4v) is 5.08. The van der Waals surface area contributed by atoms with Gasteiger partial charge in [0.1, 0.15) is 11.3 Å². The van der Waals surface area contributed by atoms with Crippen LogP contribution >= 0.6 is 23.4 Å². The number of halogens is 1. The van der Waals surface area contributed by atoms with Gasteiger partial charge in [0.25, 0.3) is 5.56 Å². The van der Waals surface area contributed by atoms with E-state index in [1.54, 1.807) is 34.9 Å². The van der Waals surface area contributed by atoms with E-state index in [4.69, 9.17) is 25.7 Å². The van der Waals surface area contributed by atoms with Crippen LogP contribution in [0.1, 0.15) is 18.4 Å². The first kappa shape index (κ1) is 21.1. The lowest BCUT2D eigenvalue weighted by Gasteiger charge is -2.16. The standard InChI is InChI=1S/C23H19ClN2O5S/c24-14-3-5-18-19(9-14)25-23(26(22(18)29)11-16-2-1-7-30-16)32-12-13-8-21(28)31-20-10-15(27)4-6-17(13)20/h3-6,8-10,16,27H,1-2,7,11-12H2. The zero-order chi connectivity index (χ0) is 22.2. The van der Waals surface area contributed by atoms with Gasteiger partial charge in [0.15, 0.2) is 5.16 Å². The van der Waals surface area contributed by atoms with E-state index in [0.29, 0.717) is 51.0 Å². The average Bonchev–Trinajstić information content (AvgIpc) is 3.27. The molecule has 1 unspecified atom stereocenters. The van der Waals surface area contributed by atoms with E-state index >= 15 is 0 Å². The van der Waals surface area contributed by atoms with E-state index in [1.165, 1.54) is 23.9 Å². The lowest BCUT2D eigenvalue weighted by molar-refractivity contribution is 0.0937. The Kier molecular flexibility index (Phi) is 5.67. The summed E-state index contributed by atoms with van der Waals surface area (Å²) in [5.74, 6) is 0.403. The highest BCUT2D eigenvalue weighted by Crippen LogP contribution is 2.29. The van der Waals surface area contributed by atoms with Crippen LogP contribution in [-0.2, 0) is 17.0 Å². The normalized spacial score (nSPS) is 16.2. The molecular formula is C23H19ClN2O5S. The number of fused-ring (bicyclic) bond motifs is 2. The van der Waals surface area contributed by atoms with Crippen molar-refractivity contribution in [2.45, 2.75) is 36.4 Å². The molecule has 1 saturated heterocycles. The Morgan fingerprint density at radius 2 is 2.00 bits per heavy atom. The first-order chi connectivity index (χ1) is 15.5. The molecule has 7 nitrogen and oxygen atoms in total. The fraction of sp³-hybridized carbons (Fsp3) is 0.261. The molecule has 1 aliphatic rings. The Morgan fingerprint density at radius 3 is 2.81 bits per heavy atom. The first-order valence-electron chi connectivity index (χ1n) is 10.2. The molecule has 32 heavy (non-hydrogen) atoms. The molecular weight excluding hydrogens is 452 g/mol. The van der Waals surface area contributed by atoms with E-state index in [9.17, 15) is 14.7 Å². The Bertz CT molecular complexity index is 1440. The Morgan fingerprint density at radius 1 is 1.16 bits per heavy atom. The summed E-state index contributed by atoms with van der Waals surface area (Å²) in [6, 6.07) is 11.1. The van der Waals surface area contributed by atoms with Crippen molar-refractivity contribution in [1.29, 1.82) is 0 Å². The average molecular weight is 471 g/mol. The van der Waals surface area contributed by atoms with Crippen molar-refractivity contribution in [1.82, 2.24) is 9.55 Å². The number of benzene rings is 2. The molecule has 0 aliphatic carbocycles. The van der Waals surface area contributed by atoms with Gasteiger partial charge in [-0.2, -0.15) is 0 Å². The van der Waals surface area contributed by atoms with Crippen LogP contribution in [0.3, 0.4) is 0 Å². The summed E-state index contributed by atoms with van der Waals surface area (Å²) >= 11 is 7.48. The maximum Gasteiger partial charge on any atom is 0.336 e. The van der Waals surface area contributed by atoms with Crippen molar-refractivity contribution >= 4 is 45.2 Å². The zero-order valence-corrected chi connectivity index (χ0v) is 18.5. The molecule has 9 heteroatoms. The predicted molar refractivity (Wildman–Crippen MR) is 124 cm³/mol. The number of thioether (sulfide) groups is 1. The van der Waals surface area contributed by atoms with Crippen molar-refractivity contribution in [3.8, 4) is 5.75 Å². The second-order valence-electron chi connectivity index (χ2n) is 7.67. The molecule has 0 radical (unpaired) electrons. The summed E-state index contributed by atoms with van der Waals surface area (Å²) in [7, 11) is 0. The number of ether oxygens (including phenoxy) is 1. The highest BCUT2D eigenvalue weighted by atomic mass is 35.5. The Hall–Kier alpha value is -2.81. The van der Waals surface area contributed by atoms with Crippen molar-refractivity contribution < 1.29 is 14.3 Å². The number of phenolic OH excluding ortho intramolecular Hbond substituents is 1. The molecule has 2 aromatic heterocycles. The summed E-state index contributed by atoms with van der Waals surface area (Å²) in [4.78, 5) is 30.0. The smallest absolute Gasteiger partial charge is 0.336 e. The van der Waals surface area contributed by atoms with Crippen LogP contribution in [0.25, 0.3) is 21.9 Å². The molecule has 3 heterocycles. The van der Waals surface area contributed by atoms with Crippen LogP contribution in [-0.4, -0.2) is 27.4 Å². The summed E-state index contributed by atoms with van der Waals surface area (Å²) in [6.07, 6.45) is 1.83. The molecule has 1 fully saturated rings. The van der Waals surface area contributed by atoms with Crippen LogP contribution in [0.5, 0.6) is 5.75 Å². The molecule has 0 spiro atoms. The second kappa shape index (κ2) is 8.61. The third kappa shape index (κ3) is 4.13. The lowest BCUT2D eigenvalue weighted by atomic mass is 10.1. The van der Waals surface area contributed by atoms with Gasteiger partial charge in [-0.1, -0.05) is 23.4 Å². The third-order valence-corrected chi connectivity index (χ3v) is 6.72. The van der Waals surface area contributed by atoms with Crippen LogP contribution < -0.4 is 11.2 Å². The molecule has 0 saturated carbocycles. The van der Waals surface area contributed by atoms with Gasteiger partial charge in [-0.05, 0) is 48.7 Å². The van der Waals surface area contributed by atoms with E-state index < -0.39 is 5.63 Å². The van der Waals surface area contributed by atoms with Gasteiger partial charge in [-0.25, -0.2) is 9.78 Å². The van der Waals surface area contributed by atoms with E-state index in [2.05, 4.69) is 0 Å². The molecule has 164 valence electrons. The van der Waals surface area contributed by atoms with Crippen molar-refractivity contribution in [2.75, 3.05) is 6.61 Å². The molecule has 4 aromatic rings. The Balaban J connectivity index is 1.56. The van der Waals surface area contributed by atoms with Crippen molar-refractivity contribution in [3.63, 3.8) is 0 Å². The molecule has 1 atom stereocenters. The van der Waals surface area contributed by atoms with Crippen LogP contribution in [0, 0.1) is 0 Å². The molecule has 5 rings (SSSR count). The molecule has 0 bridgehead atoms. The van der Waals surface area contributed by atoms with Crippen LogP contribution in [0.4, 0.5) is 0 Å². The maximum atomic E-state index is 13.3. The van der Waals surface area contributed by atoms with Gasteiger partial charge in [-0.3, -0.25) is 9.36 Å². The van der Waals surface area contributed by atoms with E-state index in [-0.39, 0.29) is 17.4 Å². The van der Waals surface area contributed by atoms with Crippen molar-refractivity contribution in [2.24, 2.45) is 0 Å². The highest BCUT2D eigenvalue weighted by Gasteiger charge is 2.21. The zero-order valence-electron chi connectivity index (χ0n) is 16.9. The number of hydrogen-bond acceptors (Lipinski definition) is 7. The summed E-state index contributed by atoms with van der Waals surface area (Å²) in [5.41, 5.74) is 0.908. The topological polar surface area (TPSA) is 94.6 Å². The summed E-state index contributed by atoms with van der Waals surface area (Å²) in [6.45, 7) is 1.11. The minimum Gasteiger partial charge on any atom is -0.508 e. The molecule has 1 N–H and O–H groups in total. The number of hydrogen-bond donors (Lipinski definition) is 1. The molecule has 1 aliphatic heterocycles. The van der Waals surface area contributed by atoms with Gasteiger partial charge in [0.2, 0.25) is 0 Å². The lowest BCUT2D eigenvalue weighted by Crippen LogP contribution is -2.28. The number of aromatic hydroxyl groups is 1. The third-order valence-electron chi connectivity index (χ3n) is 5.46. The number of nitrogens with zero attached hydrogens (tertiary/aromatic N) is 2. The number of aromatic nitrogens is 2. The molecule has 0 amide bonds. The van der Waals surface area contributed by atoms with E-state index in [0.717, 1.165) is 18.4 Å². The van der Waals surface area contributed by atoms with Gasteiger partial charge in [-0.15, -0.1) is 0 Å². The van der Waals surface area contributed by atoms with Gasteiger partial charge >= 0.3 is 5.63 Å². The van der Waals surface area contributed by atoms with Gasteiger partial charge in [0, 0.05) is 34.9 Å². The maximum absolute atomic E-state index is 13.3. The monoisotopic (exact) mass is 470 g/mol. The molecule has 2 aromatic carbocycles. The largest absolute Gasteiger partial charge is 0.508 e. The van der Waals surface area contributed by atoms with Gasteiger partial charge in [0.05, 0.1) is 23.6 Å². The van der Waals surface area contributed by atoms with E-state index in [1.807, 2.05) is 0 Å². The first-order valence-corrected chi connectivity index (χ1v) is 11.5. The summed E-state index contributed by atoms with van der Waals surface area (Å²) in [5, 5.41) is 12.0.